The first-order valence-electron chi connectivity index (χ1n) is 11.1. The molecule has 7 nitrogen and oxygen atoms in total. The number of cyclic esters (lactones) is 1. The molecule has 0 saturated carbocycles. The lowest BCUT2D eigenvalue weighted by Gasteiger charge is -2.23. The summed E-state index contributed by atoms with van der Waals surface area (Å²) in [5, 5.41) is 0.636. The molecule has 39 heavy (non-hydrogen) atoms. The molecule has 0 spiro atoms. The Labute approximate surface area is 227 Å². The lowest BCUT2D eigenvalue weighted by atomic mass is 9.97. The molecule has 1 amide bonds. The van der Waals surface area contributed by atoms with E-state index in [-0.39, 0.29) is 23.5 Å². The second-order valence-corrected chi connectivity index (χ2v) is 9.65. The number of amides is 1. The number of aromatic nitrogens is 3. The average Bonchev–Trinajstić information content (AvgIpc) is 3.15. The molecule has 1 aliphatic heterocycles. The summed E-state index contributed by atoms with van der Waals surface area (Å²) in [4.78, 5) is 26.9. The number of pyridine rings is 1. The fourth-order valence-corrected chi connectivity index (χ4v) is 4.61. The van der Waals surface area contributed by atoms with Gasteiger partial charge in [0.05, 0.1) is 41.5 Å². The number of rotatable bonds is 6. The van der Waals surface area contributed by atoms with Gasteiger partial charge in [0.25, 0.3) is 0 Å². The van der Waals surface area contributed by atoms with E-state index in [1.807, 2.05) is 0 Å². The van der Waals surface area contributed by atoms with Crippen molar-refractivity contribution in [3.05, 3.63) is 64.1 Å². The molecule has 2 aromatic heterocycles. The quantitative estimate of drug-likeness (QED) is 0.173. The molecule has 0 N–H and O–H groups in total. The largest absolute Gasteiger partial charge is 0.481 e. The van der Waals surface area contributed by atoms with Gasteiger partial charge in [-0.3, -0.25) is 4.90 Å². The van der Waals surface area contributed by atoms with Gasteiger partial charge in [-0.1, -0.05) is 23.4 Å². The van der Waals surface area contributed by atoms with E-state index < -0.39 is 47.3 Å². The molecule has 208 valence electrons. The number of alkyl halides is 6. The molecule has 0 radical (unpaired) electrons. The summed E-state index contributed by atoms with van der Waals surface area (Å²) in [7, 11) is 1.39. The molecule has 1 aliphatic rings. The topological polar surface area (TPSA) is 77.4 Å². The van der Waals surface area contributed by atoms with Crippen molar-refractivity contribution in [2.45, 2.75) is 43.1 Å². The smallest absolute Gasteiger partial charge is 0.416 e. The van der Waals surface area contributed by atoms with Crippen molar-refractivity contribution >= 4 is 29.5 Å². The van der Waals surface area contributed by atoms with Crippen LogP contribution >= 0.6 is 23.4 Å². The molecule has 1 aromatic carbocycles. The molecule has 1 saturated heterocycles. The lowest BCUT2D eigenvalue weighted by molar-refractivity contribution is -0.143. The maximum Gasteiger partial charge on any atom is 0.416 e. The van der Waals surface area contributed by atoms with E-state index in [9.17, 15) is 31.1 Å². The number of carbonyl (C=O) groups excluding carboxylic acids is 1. The standard InChI is InChI=1S/C24H19ClF6N4O3S/c1-11-19(12-4-13(23(26,27)28)6-14(5-12)24(29,30)31)38-22(36)35(11)10-18-17(9-33-21(34-18)39-3)16-7-15(25)8-32-20(16)37-2/h4-9,11,19H,10H2,1-3H3. The van der Waals surface area contributed by atoms with Crippen LogP contribution in [0.1, 0.15) is 35.4 Å². The van der Waals surface area contributed by atoms with Gasteiger partial charge < -0.3 is 9.47 Å². The number of carbonyl (C=O) groups is 1. The third-order valence-electron chi connectivity index (χ3n) is 5.98. The van der Waals surface area contributed by atoms with Crippen molar-refractivity contribution in [1.29, 1.82) is 0 Å². The molecule has 4 rings (SSSR count). The Morgan fingerprint density at radius 3 is 2.23 bits per heavy atom. The zero-order chi connectivity index (χ0) is 28.7. The maximum atomic E-state index is 13.4. The number of hydrogen-bond acceptors (Lipinski definition) is 7. The fraction of sp³-hybridized carbons (Fsp3) is 0.333. The van der Waals surface area contributed by atoms with Gasteiger partial charge in [0.15, 0.2) is 5.16 Å². The molecule has 3 aromatic rings. The summed E-state index contributed by atoms with van der Waals surface area (Å²) in [6.07, 6.45) is -7.86. The van der Waals surface area contributed by atoms with Gasteiger partial charge in [0.2, 0.25) is 5.88 Å². The van der Waals surface area contributed by atoms with E-state index in [0.29, 0.717) is 34.1 Å². The molecular weight excluding hydrogens is 574 g/mol. The van der Waals surface area contributed by atoms with Gasteiger partial charge in [-0.25, -0.2) is 19.7 Å². The van der Waals surface area contributed by atoms with E-state index in [1.54, 1.807) is 12.3 Å². The summed E-state index contributed by atoms with van der Waals surface area (Å²) >= 11 is 7.34. The molecule has 2 unspecified atom stereocenters. The summed E-state index contributed by atoms with van der Waals surface area (Å²) in [5.41, 5.74) is -2.32. The molecular formula is C24H19ClF6N4O3S. The monoisotopic (exact) mass is 592 g/mol. The number of ether oxygens (including phenoxy) is 2. The first-order valence-corrected chi connectivity index (χ1v) is 12.7. The van der Waals surface area contributed by atoms with E-state index in [1.165, 1.54) is 43.1 Å². The summed E-state index contributed by atoms with van der Waals surface area (Å²) < 4.78 is 91.0. The molecule has 3 heterocycles. The Bertz CT molecular complexity index is 1370. The average molecular weight is 593 g/mol. The highest BCUT2D eigenvalue weighted by Gasteiger charge is 2.43. The zero-order valence-corrected chi connectivity index (χ0v) is 22.0. The number of hydrogen-bond donors (Lipinski definition) is 0. The van der Waals surface area contributed by atoms with Crippen molar-refractivity contribution in [2.24, 2.45) is 0 Å². The van der Waals surface area contributed by atoms with Crippen molar-refractivity contribution in [2.75, 3.05) is 13.4 Å². The van der Waals surface area contributed by atoms with Crippen LogP contribution in [0.15, 0.2) is 41.8 Å². The molecule has 15 heteroatoms. The van der Waals surface area contributed by atoms with Crippen LogP contribution in [-0.4, -0.2) is 45.4 Å². The molecule has 0 aliphatic carbocycles. The third-order valence-corrected chi connectivity index (χ3v) is 6.75. The number of methoxy groups -OCH3 is 1. The van der Waals surface area contributed by atoms with E-state index in [2.05, 4.69) is 15.0 Å². The van der Waals surface area contributed by atoms with Crippen LogP contribution in [-0.2, 0) is 23.6 Å². The Morgan fingerprint density at radius 1 is 1.03 bits per heavy atom. The van der Waals surface area contributed by atoms with Gasteiger partial charge >= 0.3 is 18.4 Å². The summed E-state index contributed by atoms with van der Waals surface area (Å²) in [6, 6.07) is 1.73. The minimum atomic E-state index is -5.05. The Balaban J connectivity index is 1.74. The lowest BCUT2D eigenvalue weighted by Crippen LogP contribution is -2.32. The highest BCUT2D eigenvalue weighted by Crippen LogP contribution is 2.41. The van der Waals surface area contributed by atoms with Crippen LogP contribution in [0, 0.1) is 0 Å². The first-order chi connectivity index (χ1) is 18.2. The minimum absolute atomic E-state index is 0.0201. The van der Waals surface area contributed by atoms with Crippen LogP contribution in [0.2, 0.25) is 5.02 Å². The van der Waals surface area contributed by atoms with Gasteiger partial charge in [-0.15, -0.1) is 0 Å². The number of halogens is 7. The van der Waals surface area contributed by atoms with E-state index in [0.717, 1.165) is 0 Å². The van der Waals surface area contributed by atoms with E-state index >= 15 is 0 Å². The predicted octanol–water partition coefficient (Wildman–Crippen LogP) is 7.04. The Morgan fingerprint density at radius 2 is 1.67 bits per heavy atom. The molecule has 1 fully saturated rings. The Hall–Kier alpha value is -3.26. The Kier molecular flexibility index (Phi) is 7.90. The maximum absolute atomic E-state index is 13.4. The summed E-state index contributed by atoms with van der Waals surface area (Å²) in [5.74, 6) is 0.194. The van der Waals surface area contributed by atoms with Crippen LogP contribution < -0.4 is 4.74 Å². The zero-order valence-electron chi connectivity index (χ0n) is 20.4. The number of thioether (sulfide) groups is 1. The van der Waals surface area contributed by atoms with Crippen molar-refractivity contribution in [3.63, 3.8) is 0 Å². The van der Waals surface area contributed by atoms with Crippen molar-refractivity contribution < 1.29 is 40.6 Å². The molecule has 2 atom stereocenters. The predicted molar refractivity (Wildman–Crippen MR) is 129 cm³/mol. The normalized spacial score (nSPS) is 17.9. The summed E-state index contributed by atoms with van der Waals surface area (Å²) in [6.45, 7) is 1.25. The SMILES string of the molecule is COc1ncc(Cl)cc1-c1cnc(SC)nc1CN1C(=O)OC(c2cc(C(F)(F)F)cc(C(F)(F)F)c2)C1C. The number of nitrogens with zero attached hydrogens (tertiary/aromatic N) is 4. The molecule has 0 bridgehead atoms. The van der Waals surface area contributed by atoms with Gasteiger partial charge in [-0.2, -0.15) is 26.3 Å². The third kappa shape index (κ3) is 6.01. The van der Waals surface area contributed by atoms with E-state index in [4.69, 9.17) is 21.1 Å². The van der Waals surface area contributed by atoms with Crippen LogP contribution in [0.3, 0.4) is 0 Å². The number of benzene rings is 1. The van der Waals surface area contributed by atoms with Gasteiger partial charge in [0.1, 0.15) is 6.10 Å². The second-order valence-electron chi connectivity index (χ2n) is 8.44. The fourth-order valence-electron chi connectivity index (χ4n) is 4.09. The van der Waals surface area contributed by atoms with Gasteiger partial charge in [0, 0.05) is 23.5 Å². The van der Waals surface area contributed by atoms with Crippen molar-refractivity contribution in [3.8, 4) is 17.0 Å². The van der Waals surface area contributed by atoms with Crippen LogP contribution in [0.4, 0.5) is 31.1 Å². The van der Waals surface area contributed by atoms with Gasteiger partial charge in [-0.05, 0) is 43.0 Å². The van der Waals surface area contributed by atoms with Crippen LogP contribution in [0.5, 0.6) is 5.88 Å². The van der Waals surface area contributed by atoms with Crippen molar-refractivity contribution in [1.82, 2.24) is 19.9 Å². The highest BCUT2D eigenvalue weighted by atomic mass is 35.5. The first kappa shape index (κ1) is 28.7. The second kappa shape index (κ2) is 10.7. The minimum Gasteiger partial charge on any atom is -0.481 e. The van der Waals surface area contributed by atoms with Crippen LogP contribution in [0.25, 0.3) is 11.1 Å². The highest BCUT2D eigenvalue weighted by molar-refractivity contribution is 7.98.